The Kier molecular flexibility index (Phi) is 4.75. The third-order valence-corrected chi connectivity index (χ3v) is 3.22. The predicted octanol–water partition coefficient (Wildman–Crippen LogP) is 2.38. The molecule has 0 unspecified atom stereocenters. The smallest absolute Gasteiger partial charge is 0.170 e. The van der Waals surface area contributed by atoms with Crippen LogP contribution < -0.4 is 15.5 Å². The first-order valence-electron chi connectivity index (χ1n) is 6.55. The van der Waals surface area contributed by atoms with Crippen LogP contribution in [0.2, 0.25) is 0 Å². The highest BCUT2D eigenvalue weighted by Gasteiger charge is 2.12. The molecular formula is C13H20N4S. The molecule has 98 valence electrons. The fraction of sp³-hybridized carbons (Fsp3) is 0.538. The van der Waals surface area contributed by atoms with E-state index in [1.54, 1.807) is 0 Å². The van der Waals surface area contributed by atoms with Crippen LogP contribution in [0.25, 0.3) is 0 Å². The van der Waals surface area contributed by atoms with Crippen LogP contribution in [0, 0.1) is 0 Å². The van der Waals surface area contributed by atoms with Crippen molar-refractivity contribution < 1.29 is 0 Å². The standard InChI is InChI=1S/C13H20N4S/c1-2-7-14-13(18)16-11-5-6-12(15-10-11)17-8-3-4-9-17/h5-6,10H,2-4,7-9H2,1H3,(H2,14,16,18). The maximum absolute atomic E-state index is 5.18. The number of nitrogens with zero attached hydrogens (tertiary/aromatic N) is 2. The van der Waals surface area contributed by atoms with Crippen molar-refractivity contribution in [1.82, 2.24) is 10.3 Å². The number of nitrogens with one attached hydrogen (secondary N) is 2. The lowest BCUT2D eigenvalue weighted by Gasteiger charge is -2.16. The maximum atomic E-state index is 5.18. The molecule has 0 amide bonds. The second-order valence-corrected chi connectivity index (χ2v) is 4.89. The average Bonchev–Trinajstić information content (AvgIpc) is 2.91. The van der Waals surface area contributed by atoms with Gasteiger partial charge < -0.3 is 15.5 Å². The minimum atomic E-state index is 0.660. The molecule has 0 radical (unpaired) electrons. The number of rotatable bonds is 4. The fourth-order valence-electron chi connectivity index (χ4n) is 2.01. The summed E-state index contributed by atoms with van der Waals surface area (Å²) in [5.74, 6) is 1.06. The second-order valence-electron chi connectivity index (χ2n) is 4.48. The molecule has 1 aromatic rings. The molecule has 4 nitrogen and oxygen atoms in total. The molecule has 18 heavy (non-hydrogen) atoms. The highest BCUT2D eigenvalue weighted by Crippen LogP contribution is 2.18. The van der Waals surface area contributed by atoms with Crippen LogP contribution in [-0.2, 0) is 0 Å². The quantitative estimate of drug-likeness (QED) is 0.817. The Morgan fingerprint density at radius 1 is 1.39 bits per heavy atom. The van der Waals surface area contributed by atoms with Crippen molar-refractivity contribution in [2.45, 2.75) is 26.2 Å². The van der Waals surface area contributed by atoms with Crippen LogP contribution in [0.1, 0.15) is 26.2 Å². The maximum Gasteiger partial charge on any atom is 0.170 e. The van der Waals surface area contributed by atoms with Crippen molar-refractivity contribution in [3.8, 4) is 0 Å². The van der Waals surface area contributed by atoms with Crippen LogP contribution in [0.3, 0.4) is 0 Å². The van der Waals surface area contributed by atoms with E-state index in [0.29, 0.717) is 5.11 Å². The second kappa shape index (κ2) is 6.54. The highest BCUT2D eigenvalue weighted by atomic mass is 32.1. The first kappa shape index (κ1) is 13.1. The van der Waals surface area contributed by atoms with E-state index in [-0.39, 0.29) is 0 Å². The van der Waals surface area contributed by atoms with E-state index in [9.17, 15) is 0 Å². The molecule has 0 spiro atoms. The Morgan fingerprint density at radius 3 is 2.78 bits per heavy atom. The number of thiocarbonyl (C=S) groups is 1. The van der Waals surface area contributed by atoms with E-state index in [0.717, 1.165) is 37.6 Å². The van der Waals surface area contributed by atoms with Crippen molar-refractivity contribution in [2.24, 2.45) is 0 Å². The Labute approximate surface area is 114 Å². The van der Waals surface area contributed by atoms with Crippen molar-refractivity contribution >= 4 is 28.8 Å². The van der Waals surface area contributed by atoms with E-state index in [1.165, 1.54) is 12.8 Å². The molecule has 0 aliphatic carbocycles. The number of hydrogen-bond donors (Lipinski definition) is 2. The summed E-state index contributed by atoms with van der Waals surface area (Å²) in [7, 11) is 0. The third kappa shape index (κ3) is 3.57. The minimum Gasteiger partial charge on any atom is -0.362 e. The van der Waals surface area contributed by atoms with Crippen LogP contribution in [0.15, 0.2) is 18.3 Å². The molecular weight excluding hydrogens is 244 g/mol. The summed E-state index contributed by atoms with van der Waals surface area (Å²) in [4.78, 5) is 6.79. The molecule has 0 bridgehead atoms. The molecule has 1 aromatic heterocycles. The summed E-state index contributed by atoms with van der Waals surface area (Å²) >= 11 is 5.18. The van der Waals surface area contributed by atoms with Crippen LogP contribution in [0.4, 0.5) is 11.5 Å². The van der Waals surface area contributed by atoms with Crippen LogP contribution >= 0.6 is 12.2 Å². The van der Waals surface area contributed by atoms with E-state index in [1.807, 2.05) is 12.3 Å². The van der Waals surface area contributed by atoms with E-state index >= 15 is 0 Å². The SMILES string of the molecule is CCCNC(=S)Nc1ccc(N2CCCC2)nc1. The van der Waals surface area contributed by atoms with E-state index in [2.05, 4.69) is 33.5 Å². The zero-order valence-corrected chi connectivity index (χ0v) is 11.6. The van der Waals surface area contributed by atoms with Gasteiger partial charge in [-0.2, -0.15) is 0 Å². The number of anilines is 2. The molecule has 0 atom stereocenters. The summed E-state index contributed by atoms with van der Waals surface area (Å²) in [6, 6.07) is 4.08. The molecule has 0 saturated carbocycles. The minimum absolute atomic E-state index is 0.660. The Morgan fingerprint density at radius 2 is 2.17 bits per heavy atom. The highest BCUT2D eigenvalue weighted by molar-refractivity contribution is 7.80. The first-order valence-corrected chi connectivity index (χ1v) is 6.96. The Balaban J connectivity index is 1.88. The van der Waals surface area contributed by atoms with Crippen LogP contribution in [-0.4, -0.2) is 29.7 Å². The summed E-state index contributed by atoms with van der Waals surface area (Å²) in [6.45, 7) is 5.25. The van der Waals surface area contributed by atoms with Crippen molar-refractivity contribution in [3.63, 3.8) is 0 Å². The van der Waals surface area contributed by atoms with Gasteiger partial charge in [0.05, 0.1) is 11.9 Å². The summed E-state index contributed by atoms with van der Waals surface area (Å²) in [6.07, 6.45) is 5.45. The Hall–Kier alpha value is -1.36. The number of aromatic nitrogens is 1. The molecule has 1 fully saturated rings. The molecule has 2 rings (SSSR count). The number of pyridine rings is 1. The predicted molar refractivity (Wildman–Crippen MR) is 80.2 cm³/mol. The molecule has 2 heterocycles. The van der Waals surface area contributed by atoms with Gasteiger partial charge in [-0.3, -0.25) is 0 Å². The lowest BCUT2D eigenvalue weighted by molar-refractivity contribution is 0.846. The van der Waals surface area contributed by atoms with Gasteiger partial charge in [0.15, 0.2) is 5.11 Å². The topological polar surface area (TPSA) is 40.2 Å². The molecule has 1 saturated heterocycles. The molecule has 1 aliphatic heterocycles. The van der Waals surface area contributed by atoms with Gasteiger partial charge in [-0.1, -0.05) is 6.92 Å². The van der Waals surface area contributed by atoms with Crippen molar-refractivity contribution in [1.29, 1.82) is 0 Å². The van der Waals surface area contributed by atoms with Gasteiger partial charge in [0.1, 0.15) is 5.82 Å². The van der Waals surface area contributed by atoms with Gasteiger partial charge in [0.2, 0.25) is 0 Å². The molecule has 2 N–H and O–H groups in total. The monoisotopic (exact) mass is 264 g/mol. The molecule has 0 aromatic carbocycles. The summed E-state index contributed by atoms with van der Waals surface area (Å²) < 4.78 is 0. The number of hydrogen-bond acceptors (Lipinski definition) is 3. The van der Waals surface area contributed by atoms with Crippen molar-refractivity contribution in [3.05, 3.63) is 18.3 Å². The third-order valence-electron chi connectivity index (χ3n) is 2.97. The molecule has 5 heteroatoms. The summed E-state index contributed by atoms with van der Waals surface area (Å²) in [5.41, 5.74) is 0.937. The summed E-state index contributed by atoms with van der Waals surface area (Å²) in [5, 5.41) is 6.93. The lowest BCUT2D eigenvalue weighted by Crippen LogP contribution is -2.29. The zero-order chi connectivity index (χ0) is 12.8. The van der Waals surface area contributed by atoms with Gasteiger partial charge in [-0.05, 0) is 43.6 Å². The van der Waals surface area contributed by atoms with Gasteiger partial charge in [0.25, 0.3) is 0 Å². The molecule has 1 aliphatic rings. The van der Waals surface area contributed by atoms with Crippen LogP contribution in [0.5, 0.6) is 0 Å². The average molecular weight is 264 g/mol. The normalized spacial score (nSPS) is 14.6. The Bertz CT molecular complexity index is 384. The van der Waals surface area contributed by atoms with Crippen molar-refractivity contribution in [2.75, 3.05) is 29.9 Å². The zero-order valence-electron chi connectivity index (χ0n) is 10.8. The largest absolute Gasteiger partial charge is 0.362 e. The van der Waals surface area contributed by atoms with E-state index in [4.69, 9.17) is 12.2 Å². The van der Waals surface area contributed by atoms with Gasteiger partial charge >= 0.3 is 0 Å². The lowest BCUT2D eigenvalue weighted by atomic mass is 10.4. The van der Waals surface area contributed by atoms with Gasteiger partial charge in [-0.15, -0.1) is 0 Å². The van der Waals surface area contributed by atoms with E-state index < -0.39 is 0 Å². The van der Waals surface area contributed by atoms with Gasteiger partial charge in [0, 0.05) is 19.6 Å². The van der Waals surface area contributed by atoms with Gasteiger partial charge in [-0.25, -0.2) is 4.98 Å². The fourth-order valence-corrected chi connectivity index (χ4v) is 2.23. The first-order chi connectivity index (χ1) is 8.79.